The molecule has 1 aromatic rings. The number of aliphatic hydroxyl groups is 1. The number of urea groups is 1. The lowest BCUT2D eigenvalue weighted by molar-refractivity contribution is -0.0559. The number of carbonyl (C=O) groups excluding carboxylic acids is 1. The molecule has 5 nitrogen and oxygen atoms in total. The Labute approximate surface area is 217 Å². The molecule has 2 saturated carbocycles. The van der Waals surface area contributed by atoms with E-state index in [-0.39, 0.29) is 18.0 Å². The number of nitrogens with one attached hydrogen (secondary N) is 2. The number of rotatable bonds is 11. The van der Waals surface area contributed by atoms with Crippen molar-refractivity contribution in [3.63, 3.8) is 0 Å². The maximum Gasteiger partial charge on any atom is 0.317 e. The van der Waals surface area contributed by atoms with Gasteiger partial charge in [0.05, 0.1) is 5.60 Å². The van der Waals surface area contributed by atoms with Crippen molar-refractivity contribution in [3.05, 3.63) is 34.9 Å². The van der Waals surface area contributed by atoms with Crippen LogP contribution in [-0.4, -0.2) is 48.8 Å². The topological polar surface area (TPSA) is 64.6 Å². The number of benzene rings is 1. The Bertz CT molecular complexity index is 811. The molecule has 0 bridgehead atoms. The minimum Gasteiger partial charge on any atom is -0.385 e. The molecule has 1 saturated heterocycles. The van der Waals surface area contributed by atoms with E-state index in [2.05, 4.69) is 10.6 Å². The second-order valence-corrected chi connectivity index (χ2v) is 11.9. The maximum atomic E-state index is 13.4. The van der Waals surface area contributed by atoms with Crippen LogP contribution in [0, 0.1) is 17.8 Å². The van der Waals surface area contributed by atoms with Crippen molar-refractivity contribution in [2.75, 3.05) is 26.7 Å². The van der Waals surface area contributed by atoms with Gasteiger partial charge in [0.2, 0.25) is 0 Å². The summed E-state index contributed by atoms with van der Waals surface area (Å²) < 4.78 is 0. The average molecular weight is 504 g/mol. The lowest BCUT2D eigenvalue weighted by Gasteiger charge is -2.43. The summed E-state index contributed by atoms with van der Waals surface area (Å²) in [7, 11) is 1.96. The second kappa shape index (κ2) is 12.8. The molecule has 1 heterocycles. The number of likely N-dealkylation sites (tertiary alicyclic amines) is 1. The van der Waals surface area contributed by atoms with Crippen molar-refractivity contribution < 1.29 is 9.90 Å². The summed E-state index contributed by atoms with van der Waals surface area (Å²) in [6, 6.07) is 7.91. The number of hydrogen-bond acceptors (Lipinski definition) is 3. The lowest BCUT2D eigenvalue weighted by Crippen LogP contribution is -2.54. The van der Waals surface area contributed by atoms with Crippen LogP contribution in [0.4, 0.5) is 4.79 Å². The normalized spacial score (nSPS) is 24.1. The zero-order valence-corrected chi connectivity index (χ0v) is 22.4. The standard InChI is InChI=1S/C29H46ClN3O2/c1-31-20-27(18-23-8-3-2-4-9-23)32-28(34)33-17-7-12-25(21-33)29(35,16-6-10-22-14-15-22)24-11-5-13-26(30)19-24/h5,11,13,19,22-23,25,27,31,35H,2-4,6-10,12,14-18,20-21H2,1H3,(H,32,34)/t25-,27?,29?/m1/s1. The molecule has 196 valence electrons. The van der Waals surface area contributed by atoms with E-state index in [1.54, 1.807) is 0 Å². The Kier molecular flexibility index (Phi) is 9.77. The summed E-state index contributed by atoms with van der Waals surface area (Å²) in [5, 5.41) is 19.4. The first-order valence-electron chi connectivity index (χ1n) is 14.2. The van der Waals surface area contributed by atoms with Crippen molar-refractivity contribution in [2.24, 2.45) is 17.8 Å². The summed E-state index contributed by atoms with van der Waals surface area (Å²) in [5.41, 5.74) is -0.0519. The third-order valence-corrected chi connectivity index (χ3v) is 8.93. The highest BCUT2D eigenvalue weighted by Gasteiger charge is 2.41. The van der Waals surface area contributed by atoms with Gasteiger partial charge in [-0.15, -0.1) is 0 Å². The summed E-state index contributed by atoms with van der Waals surface area (Å²) in [6.07, 6.45) is 15.1. The number of piperidine rings is 1. The van der Waals surface area contributed by atoms with Crippen molar-refractivity contribution in [2.45, 2.75) is 95.1 Å². The molecule has 35 heavy (non-hydrogen) atoms. The smallest absolute Gasteiger partial charge is 0.317 e. The summed E-state index contributed by atoms with van der Waals surface area (Å²) >= 11 is 6.34. The molecular weight excluding hydrogens is 458 g/mol. The van der Waals surface area contributed by atoms with E-state index in [0.29, 0.717) is 11.6 Å². The Morgan fingerprint density at radius 3 is 2.66 bits per heavy atom. The van der Waals surface area contributed by atoms with Gasteiger partial charge in [-0.25, -0.2) is 4.79 Å². The first-order valence-corrected chi connectivity index (χ1v) is 14.5. The number of hydrogen-bond donors (Lipinski definition) is 3. The third-order valence-electron chi connectivity index (χ3n) is 8.70. The fourth-order valence-electron chi connectivity index (χ4n) is 6.49. The van der Waals surface area contributed by atoms with Crippen LogP contribution in [0.2, 0.25) is 5.02 Å². The zero-order valence-electron chi connectivity index (χ0n) is 21.6. The van der Waals surface area contributed by atoms with Gasteiger partial charge in [0.1, 0.15) is 0 Å². The molecule has 6 heteroatoms. The fourth-order valence-corrected chi connectivity index (χ4v) is 6.68. The Morgan fingerprint density at radius 2 is 1.94 bits per heavy atom. The molecule has 4 rings (SSSR count). The van der Waals surface area contributed by atoms with Gasteiger partial charge in [0, 0.05) is 36.6 Å². The molecule has 3 aliphatic rings. The molecule has 3 N–H and O–H groups in total. The van der Waals surface area contributed by atoms with E-state index in [1.807, 2.05) is 36.2 Å². The first kappa shape index (κ1) is 26.8. The summed E-state index contributed by atoms with van der Waals surface area (Å²) in [6.45, 7) is 2.15. The predicted octanol–water partition coefficient (Wildman–Crippen LogP) is 6.09. The van der Waals surface area contributed by atoms with Crippen molar-refractivity contribution in [3.8, 4) is 0 Å². The van der Waals surface area contributed by atoms with E-state index in [1.165, 1.54) is 51.4 Å². The molecular formula is C29H46ClN3O2. The zero-order chi connectivity index (χ0) is 24.7. The van der Waals surface area contributed by atoms with E-state index < -0.39 is 5.60 Å². The van der Waals surface area contributed by atoms with Gasteiger partial charge >= 0.3 is 6.03 Å². The molecule has 2 unspecified atom stereocenters. The van der Waals surface area contributed by atoms with E-state index in [0.717, 1.165) is 62.6 Å². The number of carbonyl (C=O) groups is 1. The largest absolute Gasteiger partial charge is 0.385 e. The van der Waals surface area contributed by atoms with Crippen molar-refractivity contribution in [1.82, 2.24) is 15.5 Å². The molecule has 0 aromatic heterocycles. The lowest BCUT2D eigenvalue weighted by atomic mass is 9.74. The van der Waals surface area contributed by atoms with Crippen LogP contribution < -0.4 is 10.6 Å². The maximum absolute atomic E-state index is 13.4. The fraction of sp³-hybridized carbons (Fsp3) is 0.759. The van der Waals surface area contributed by atoms with E-state index in [4.69, 9.17) is 11.6 Å². The molecule has 2 amide bonds. The highest BCUT2D eigenvalue weighted by Crippen LogP contribution is 2.42. The SMILES string of the molecule is CNCC(CC1CCCCC1)NC(=O)N1CCC[C@@H](C(O)(CCCC2CC2)c2cccc(Cl)c2)C1. The van der Waals surface area contributed by atoms with Crippen LogP contribution >= 0.6 is 11.6 Å². The molecule has 2 aliphatic carbocycles. The Balaban J connectivity index is 1.41. The molecule has 3 fully saturated rings. The first-order chi connectivity index (χ1) is 17.0. The number of halogens is 1. The third kappa shape index (κ3) is 7.60. The van der Waals surface area contributed by atoms with E-state index in [9.17, 15) is 9.90 Å². The summed E-state index contributed by atoms with van der Waals surface area (Å²) in [5.74, 6) is 1.58. The number of nitrogens with zero attached hydrogens (tertiary/aromatic N) is 1. The average Bonchev–Trinajstić information content (AvgIpc) is 3.69. The van der Waals surface area contributed by atoms with Gasteiger partial charge in [0.25, 0.3) is 0 Å². The monoisotopic (exact) mass is 503 g/mol. The quantitative estimate of drug-likeness (QED) is 0.342. The molecule has 3 atom stereocenters. The van der Waals surface area contributed by atoms with Crippen LogP contribution in [0.25, 0.3) is 0 Å². The van der Waals surface area contributed by atoms with E-state index >= 15 is 0 Å². The minimum absolute atomic E-state index is 0.0146. The highest BCUT2D eigenvalue weighted by atomic mass is 35.5. The number of amides is 2. The summed E-state index contributed by atoms with van der Waals surface area (Å²) in [4.78, 5) is 15.3. The van der Waals surface area contributed by atoms with Crippen LogP contribution in [0.15, 0.2) is 24.3 Å². The van der Waals surface area contributed by atoms with Gasteiger partial charge in [0.15, 0.2) is 0 Å². The van der Waals surface area contributed by atoms with Gasteiger partial charge < -0.3 is 20.6 Å². The van der Waals surface area contributed by atoms with Gasteiger partial charge in [-0.05, 0) is 68.7 Å². The predicted molar refractivity (Wildman–Crippen MR) is 144 cm³/mol. The van der Waals surface area contributed by atoms with Gasteiger partial charge in [-0.3, -0.25) is 0 Å². The van der Waals surface area contributed by atoms with Crippen LogP contribution in [-0.2, 0) is 5.60 Å². The molecule has 0 radical (unpaired) electrons. The van der Waals surface area contributed by atoms with Crippen molar-refractivity contribution >= 4 is 17.6 Å². The Morgan fingerprint density at radius 1 is 1.14 bits per heavy atom. The van der Waals surface area contributed by atoms with Gasteiger partial charge in [-0.2, -0.15) is 0 Å². The highest BCUT2D eigenvalue weighted by molar-refractivity contribution is 6.30. The minimum atomic E-state index is -0.953. The number of likely N-dealkylation sites (N-methyl/N-ethyl adjacent to an activating group) is 1. The molecule has 0 spiro atoms. The van der Waals surface area contributed by atoms with Crippen molar-refractivity contribution in [1.29, 1.82) is 0 Å². The molecule has 1 aromatic carbocycles. The van der Waals surface area contributed by atoms with Gasteiger partial charge in [-0.1, -0.05) is 75.1 Å². The van der Waals surface area contributed by atoms with Crippen LogP contribution in [0.5, 0.6) is 0 Å². The van der Waals surface area contributed by atoms with Crippen LogP contribution in [0.3, 0.4) is 0 Å². The molecule has 1 aliphatic heterocycles. The second-order valence-electron chi connectivity index (χ2n) is 11.5. The Hall–Kier alpha value is -1.30. The van der Waals surface area contributed by atoms with Crippen LogP contribution in [0.1, 0.15) is 89.0 Å².